The van der Waals surface area contributed by atoms with E-state index in [9.17, 15) is 23.3 Å². The zero-order valence-corrected chi connectivity index (χ0v) is 8.67. The van der Waals surface area contributed by atoms with Crippen molar-refractivity contribution in [3.05, 3.63) is 33.5 Å². The van der Waals surface area contributed by atoms with Crippen molar-refractivity contribution in [1.29, 1.82) is 0 Å². The van der Waals surface area contributed by atoms with E-state index in [1.54, 1.807) is 0 Å². The zero-order valence-electron chi connectivity index (χ0n) is 7.08. The molecule has 1 aromatic rings. The number of hydrogen-bond donors (Lipinski definition) is 0. The van der Waals surface area contributed by atoms with Crippen molar-refractivity contribution in [2.75, 3.05) is 0 Å². The second-order valence-corrected chi connectivity index (χ2v) is 3.15. The lowest BCUT2D eigenvalue weighted by molar-refractivity contribution is -0.389. The van der Waals surface area contributed by atoms with Gasteiger partial charge in [-0.3, -0.25) is 0 Å². The second-order valence-electron chi connectivity index (χ2n) is 2.59. The summed E-state index contributed by atoms with van der Waals surface area (Å²) < 4.78 is 36.8. The summed E-state index contributed by atoms with van der Waals surface area (Å²) in [6, 6.07) is 1.17. The Morgan fingerprint density at radius 2 is 2.07 bits per heavy atom. The highest BCUT2D eigenvalue weighted by Gasteiger charge is 2.33. The zero-order chi connectivity index (χ0) is 11.6. The van der Waals surface area contributed by atoms with E-state index >= 15 is 0 Å². The summed E-state index contributed by atoms with van der Waals surface area (Å²) in [6.45, 7) is 0. The molecule has 82 valence electrons. The number of nitro groups is 1. The van der Waals surface area contributed by atoms with Gasteiger partial charge in [-0.15, -0.1) is 0 Å². The summed E-state index contributed by atoms with van der Waals surface area (Å²) in [4.78, 5) is 12.8. The quantitative estimate of drug-likeness (QED) is 0.477. The number of pyridine rings is 1. The molecular formula is C7H4BrF3N2O2. The first kappa shape index (κ1) is 11.9. The molecule has 0 aliphatic carbocycles. The van der Waals surface area contributed by atoms with Gasteiger partial charge in [0.2, 0.25) is 0 Å². The predicted octanol–water partition coefficient (Wildman–Crippen LogP) is 2.90. The highest BCUT2D eigenvalue weighted by Crippen LogP contribution is 2.31. The van der Waals surface area contributed by atoms with Crippen LogP contribution in [0.25, 0.3) is 0 Å². The van der Waals surface area contributed by atoms with Crippen LogP contribution in [0.2, 0.25) is 0 Å². The molecule has 8 heteroatoms. The van der Waals surface area contributed by atoms with Crippen LogP contribution >= 0.6 is 15.9 Å². The molecule has 1 heterocycles. The van der Waals surface area contributed by atoms with Gasteiger partial charge < -0.3 is 10.1 Å². The van der Waals surface area contributed by atoms with Gasteiger partial charge in [-0.2, -0.15) is 13.2 Å². The fourth-order valence-electron chi connectivity index (χ4n) is 0.898. The maximum atomic E-state index is 12.3. The van der Waals surface area contributed by atoms with Crippen molar-refractivity contribution in [2.24, 2.45) is 0 Å². The summed E-state index contributed by atoms with van der Waals surface area (Å²) in [5, 5.41) is 10.3. The van der Waals surface area contributed by atoms with E-state index < -0.39 is 22.5 Å². The van der Waals surface area contributed by atoms with Crippen molar-refractivity contribution < 1.29 is 18.1 Å². The van der Waals surface area contributed by atoms with Crippen LogP contribution in [0.15, 0.2) is 12.1 Å². The Bertz CT molecular complexity index is 394. The van der Waals surface area contributed by atoms with Gasteiger partial charge in [0.25, 0.3) is 0 Å². The normalized spacial score (nSPS) is 11.5. The molecule has 0 spiro atoms. The Kier molecular flexibility index (Phi) is 3.28. The van der Waals surface area contributed by atoms with Crippen LogP contribution in [0, 0.1) is 10.1 Å². The highest BCUT2D eigenvalue weighted by atomic mass is 79.9. The molecule has 0 atom stereocenters. The Morgan fingerprint density at radius 1 is 1.47 bits per heavy atom. The summed E-state index contributed by atoms with van der Waals surface area (Å²) >= 11 is 2.89. The Hall–Kier alpha value is -1.18. The van der Waals surface area contributed by atoms with Crippen LogP contribution in [0.3, 0.4) is 0 Å². The average molecular weight is 285 g/mol. The summed E-state index contributed by atoms with van der Waals surface area (Å²) in [5.41, 5.74) is -1.10. The number of nitrogens with zero attached hydrogens (tertiary/aromatic N) is 2. The Labute approximate surface area is 90.4 Å². The molecule has 0 aromatic carbocycles. The molecule has 1 aromatic heterocycles. The van der Waals surface area contributed by atoms with Crippen LogP contribution in [0.4, 0.5) is 19.0 Å². The smallest absolute Gasteiger partial charge is 0.358 e. The molecule has 0 amide bonds. The second kappa shape index (κ2) is 4.13. The highest BCUT2D eigenvalue weighted by molar-refractivity contribution is 9.08. The van der Waals surface area contributed by atoms with Gasteiger partial charge in [-0.25, -0.2) is 0 Å². The first-order valence-corrected chi connectivity index (χ1v) is 4.75. The molecule has 0 N–H and O–H groups in total. The fourth-order valence-corrected chi connectivity index (χ4v) is 1.18. The van der Waals surface area contributed by atoms with Crippen LogP contribution in [-0.2, 0) is 11.5 Å². The lowest BCUT2D eigenvalue weighted by atomic mass is 10.2. The van der Waals surface area contributed by atoms with Crippen LogP contribution in [0.5, 0.6) is 0 Å². The van der Waals surface area contributed by atoms with Crippen LogP contribution in [-0.4, -0.2) is 9.91 Å². The molecule has 15 heavy (non-hydrogen) atoms. The van der Waals surface area contributed by atoms with Gasteiger partial charge in [-0.1, -0.05) is 15.9 Å². The molecule has 0 aliphatic heterocycles. The van der Waals surface area contributed by atoms with Gasteiger partial charge >= 0.3 is 12.0 Å². The van der Waals surface area contributed by atoms with Crippen molar-refractivity contribution in [1.82, 2.24) is 4.98 Å². The van der Waals surface area contributed by atoms with Crippen molar-refractivity contribution >= 4 is 21.7 Å². The monoisotopic (exact) mass is 284 g/mol. The van der Waals surface area contributed by atoms with E-state index in [4.69, 9.17) is 0 Å². The van der Waals surface area contributed by atoms with Crippen molar-refractivity contribution in [3.63, 3.8) is 0 Å². The molecule has 0 saturated heterocycles. The lowest BCUT2D eigenvalue weighted by Crippen LogP contribution is -2.08. The Morgan fingerprint density at radius 3 is 2.47 bits per heavy atom. The first-order valence-electron chi connectivity index (χ1n) is 3.63. The molecule has 0 unspecified atom stereocenters. The van der Waals surface area contributed by atoms with E-state index in [-0.39, 0.29) is 11.0 Å². The molecule has 0 bridgehead atoms. The van der Waals surface area contributed by atoms with E-state index in [2.05, 4.69) is 20.9 Å². The third kappa shape index (κ3) is 2.88. The largest absolute Gasteiger partial charge is 0.416 e. The van der Waals surface area contributed by atoms with Crippen molar-refractivity contribution in [3.8, 4) is 0 Å². The molecule has 0 aliphatic rings. The molecule has 4 nitrogen and oxygen atoms in total. The molecule has 0 saturated carbocycles. The van der Waals surface area contributed by atoms with E-state index in [0.29, 0.717) is 6.07 Å². The van der Waals surface area contributed by atoms with Gasteiger partial charge in [0, 0.05) is 6.07 Å². The van der Waals surface area contributed by atoms with E-state index in [0.717, 1.165) is 6.07 Å². The molecule has 0 radical (unpaired) electrons. The van der Waals surface area contributed by atoms with Crippen LogP contribution < -0.4 is 0 Å². The third-order valence-electron chi connectivity index (χ3n) is 1.52. The number of aromatic nitrogens is 1. The number of hydrogen-bond acceptors (Lipinski definition) is 3. The maximum absolute atomic E-state index is 12.3. The minimum atomic E-state index is -4.61. The van der Waals surface area contributed by atoms with Gasteiger partial charge in [-0.05, 0) is 16.0 Å². The minimum Gasteiger partial charge on any atom is -0.358 e. The van der Waals surface area contributed by atoms with Gasteiger partial charge in [0.1, 0.15) is 0 Å². The topological polar surface area (TPSA) is 56.0 Å². The average Bonchev–Trinajstić information content (AvgIpc) is 2.15. The minimum absolute atomic E-state index is 0.0256. The van der Waals surface area contributed by atoms with Crippen molar-refractivity contribution in [2.45, 2.75) is 11.5 Å². The summed E-state index contributed by atoms with van der Waals surface area (Å²) in [5.74, 6) is -0.806. The first-order chi connectivity index (χ1) is 6.84. The van der Waals surface area contributed by atoms with E-state index in [1.165, 1.54) is 0 Å². The summed E-state index contributed by atoms with van der Waals surface area (Å²) in [7, 11) is 0. The number of alkyl halides is 4. The fraction of sp³-hybridized carbons (Fsp3) is 0.286. The number of rotatable bonds is 2. The van der Waals surface area contributed by atoms with Gasteiger partial charge in [0.15, 0.2) is 5.69 Å². The predicted molar refractivity (Wildman–Crippen MR) is 48.5 cm³/mol. The third-order valence-corrected chi connectivity index (χ3v) is 2.09. The summed E-state index contributed by atoms with van der Waals surface area (Å²) in [6.07, 6.45) is -4.61. The van der Waals surface area contributed by atoms with Gasteiger partial charge in [0.05, 0.1) is 10.9 Å². The van der Waals surface area contributed by atoms with E-state index in [1.807, 2.05) is 0 Å². The van der Waals surface area contributed by atoms with Crippen LogP contribution in [0.1, 0.15) is 11.3 Å². The maximum Gasteiger partial charge on any atom is 0.416 e. The standard InChI is InChI=1S/C7H4BrF3N2O2/c8-3-5-1-4(7(9,10)11)2-6(12-5)13(14)15/h1-2H,3H2. The Balaban J connectivity index is 3.30. The SMILES string of the molecule is O=[N+]([O-])c1cc(C(F)(F)F)cc(CBr)n1. The molecule has 0 fully saturated rings. The lowest BCUT2D eigenvalue weighted by Gasteiger charge is -2.05. The molecule has 1 rings (SSSR count). The number of halogens is 4. The molecular weight excluding hydrogens is 281 g/mol.